The number of hydrogen-bond acceptors (Lipinski definition) is 1. The van der Waals surface area contributed by atoms with E-state index in [-0.39, 0.29) is 5.41 Å². The van der Waals surface area contributed by atoms with Gasteiger partial charge in [-0.1, -0.05) is 49.9 Å². The first-order valence-electron chi connectivity index (χ1n) is 6.94. The van der Waals surface area contributed by atoms with Gasteiger partial charge in [-0.05, 0) is 30.2 Å². The maximum atomic E-state index is 12.5. The highest BCUT2D eigenvalue weighted by atomic mass is 16.1. The average molecular weight is 226 g/mol. The summed E-state index contributed by atoms with van der Waals surface area (Å²) in [4.78, 5) is 12.5. The third-order valence-electron chi connectivity index (χ3n) is 4.79. The maximum absolute atomic E-state index is 12.5. The van der Waals surface area contributed by atoms with Crippen LogP contribution < -0.4 is 0 Å². The molecule has 0 bridgehead atoms. The fourth-order valence-electron chi connectivity index (χ4n) is 3.53. The van der Waals surface area contributed by atoms with Crippen LogP contribution >= 0.6 is 0 Å². The van der Waals surface area contributed by atoms with Crippen LogP contribution in [-0.2, 0) is 5.41 Å². The van der Waals surface area contributed by atoms with Crippen LogP contribution in [0, 0.1) is 11.8 Å². The SMILES string of the molecule is O=C1c2ccccc2C1(CC1CC1)CC1CC1. The summed E-state index contributed by atoms with van der Waals surface area (Å²) in [5, 5.41) is 0. The zero-order chi connectivity index (χ0) is 11.5. The molecule has 0 N–H and O–H groups in total. The summed E-state index contributed by atoms with van der Waals surface area (Å²) in [5.74, 6) is 2.13. The van der Waals surface area contributed by atoms with E-state index in [9.17, 15) is 4.79 Å². The van der Waals surface area contributed by atoms with Gasteiger partial charge in [0.1, 0.15) is 0 Å². The molecule has 4 rings (SSSR count). The summed E-state index contributed by atoms with van der Waals surface area (Å²) in [5.41, 5.74) is 2.32. The third-order valence-corrected chi connectivity index (χ3v) is 4.79. The monoisotopic (exact) mass is 226 g/mol. The molecular weight excluding hydrogens is 208 g/mol. The number of hydrogen-bond donors (Lipinski definition) is 0. The summed E-state index contributed by atoms with van der Waals surface area (Å²) in [6.45, 7) is 0. The molecule has 0 amide bonds. The van der Waals surface area contributed by atoms with Crippen LogP contribution in [0.4, 0.5) is 0 Å². The third kappa shape index (κ3) is 1.41. The van der Waals surface area contributed by atoms with Crippen molar-refractivity contribution in [2.24, 2.45) is 11.8 Å². The number of carbonyl (C=O) groups is 1. The van der Waals surface area contributed by atoms with Crippen LogP contribution in [0.15, 0.2) is 24.3 Å². The van der Waals surface area contributed by atoms with Crippen LogP contribution in [0.3, 0.4) is 0 Å². The van der Waals surface area contributed by atoms with Crippen LogP contribution in [-0.4, -0.2) is 5.78 Å². The zero-order valence-corrected chi connectivity index (χ0v) is 10.1. The normalized spacial score (nSPS) is 25.3. The number of rotatable bonds is 4. The van der Waals surface area contributed by atoms with E-state index >= 15 is 0 Å². The van der Waals surface area contributed by atoms with Crippen molar-refractivity contribution in [2.45, 2.75) is 43.9 Å². The topological polar surface area (TPSA) is 17.1 Å². The van der Waals surface area contributed by atoms with E-state index in [1.54, 1.807) is 0 Å². The molecule has 0 radical (unpaired) electrons. The van der Waals surface area contributed by atoms with Crippen molar-refractivity contribution in [3.63, 3.8) is 0 Å². The summed E-state index contributed by atoms with van der Waals surface area (Å²) >= 11 is 0. The molecular formula is C16H18O. The van der Waals surface area contributed by atoms with Gasteiger partial charge in [0.05, 0.1) is 5.41 Å². The number of fused-ring (bicyclic) bond motifs is 1. The van der Waals surface area contributed by atoms with Crippen molar-refractivity contribution in [3.05, 3.63) is 35.4 Å². The first-order valence-corrected chi connectivity index (χ1v) is 6.94. The highest BCUT2D eigenvalue weighted by molar-refractivity contribution is 6.13. The lowest BCUT2D eigenvalue weighted by atomic mass is 9.58. The fourth-order valence-corrected chi connectivity index (χ4v) is 3.53. The van der Waals surface area contributed by atoms with E-state index in [0.29, 0.717) is 5.78 Å². The number of benzene rings is 1. The summed E-state index contributed by atoms with van der Waals surface area (Å²) in [7, 11) is 0. The molecule has 0 atom stereocenters. The van der Waals surface area contributed by atoms with Gasteiger partial charge in [-0.3, -0.25) is 4.79 Å². The molecule has 1 heteroatoms. The quantitative estimate of drug-likeness (QED) is 0.764. The van der Waals surface area contributed by atoms with E-state index in [1.165, 1.54) is 31.2 Å². The van der Waals surface area contributed by atoms with Crippen LogP contribution in [0.25, 0.3) is 0 Å². The lowest BCUT2D eigenvalue weighted by Crippen LogP contribution is -2.47. The van der Waals surface area contributed by atoms with Gasteiger partial charge in [0.15, 0.2) is 5.78 Å². The summed E-state index contributed by atoms with van der Waals surface area (Å²) in [6, 6.07) is 8.30. The van der Waals surface area contributed by atoms with Crippen LogP contribution in [0.1, 0.15) is 54.4 Å². The molecule has 3 aliphatic rings. The van der Waals surface area contributed by atoms with Crippen LogP contribution in [0.5, 0.6) is 0 Å². The molecule has 0 spiro atoms. The molecule has 1 aromatic carbocycles. The first-order chi connectivity index (χ1) is 8.29. The Hall–Kier alpha value is -1.11. The van der Waals surface area contributed by atoms with Crippen molar-refractivity contribution >= 4 is 5.78 Å². The molecule has 0 heterocycles. The predicted molar refractivity (Wildman–Crippen MR) is 67.1 cm³/mol. The van der Waals surface area contributed by atoms with E-state index < -0.39 is 0 Å². The molecule has 1 nitrogen and oxygen atoms in total. The van der Waals surface area contributed by atoms with Gasteiger partial charge in [-0.15, -0.1) is 0 Å². The average Bonchev–Trinajstić information content (AvgIpc) is 3.22. The van der Waals surface area contributed by atoms with Crippen molar-refractivity contribution < 1.29 is 4.79 Å². The van der Waals surface area contributed by atoms with E-state index in [1.807, 2.05) is 12.1 Å². The first kappa shape index (κ1) is 9.87. The van der Waals surface area contributed by atoms with Crippen molar-refractivity contribution in [1.29, 1.82) is 0 Å². The molecule has 88 valence electrons. The Bertz CT molecular complexity index is 466. The number of ketones is 1. The van der Waals surface area contributed by atoms with Gasteiger partial charge in [-0.25, -0.2) is 0 Å². The van der Waals surface area contributed by atoms with Gasteiger partial charge in [0.25, 0.3) is 0 Å². The fraction of sp³-hybridized carbons (Fsp3) is 0.562. The minimum Gasteiger partial charge on any atom is -0.293 e. The standard InChI is InChI=1S/C16H18O/c17-15-13-3-1-2-4-14(13)16(15,9-11-5-6-11)10-12-7-8-12/h1-4,11-12H,5-10H2. The molecule has 2 fully saturated rings. The number of carbonyl (C=O) groups excluding carboxylic acids is 1. The minimum atomic E-state index is -0.0566. The summed E-state index contributed by atoms with van der Waals surface area (Å²) < 4.78 is 0. The van der Waals surface area contributed by atoms with Gasteiger partial charge >= 0.3 is 0 Å². The molecule has 1 aromatic rings. The molecule has 2 saturated carbocycles. The van der Waals surface area contributed by atoms with E-state index in [0.717, 1.165) is 30.2 Å². The molecule has 0 aliphatic heterocycles. The van der Waals surface area contributed by atoms with Gasteiger partial charge in [-0.2, -0.15) is 0 Å². The lowest BCUT2D eigenvalue weighted by molar-refractivity contribution is 0.0794. The largest absolute Gasteiger partial charge is 0.293 e. The van der Waals surface area contributed by atoms with E-state index in [4.69, 9.17) is 0 Å². The molecule has 0 aromatic heterocycles. The predicted octanol–water partition coefficient (Wildman–Crippen LogP) is 3.72. The Morgan fingerprint density at radius 3 is 2.18 bits per heavy atom. The van der Waals surface area contributed by atoms with Crippen LogP contribution in [0.2, 0.25) is 0 Å². The molecule has 0 saturated heterocycles. The molecule has 3 aliphatic carbocycles. The second-order valence-corrected chi connectivity index (χ2v) is 6.25. The minimum absolute atomic E-state index is 0.0566. The van der Waals surface area contributed by atoms with Crippen molar-refractivity contribution in [3.8, 4) is 0 Å². The summed E-state index contributed by atoms with van der Waals surface area (Å²) in [6.07, 6.45) is 7.67. The Kier molecular flexibility index (Phi) is 1.87. The van der Waals surface area contributed by atoms with Gasteiger partial charge in [0, 0.05) is 5.56 Å². The smallest absolute Gasteiger partial charge is 0.173 e. The maximum Gasteiger partial charge on any atom is 0.173 e. The van der Waals surface area contributed by atoms with Gasteiger partial charge < -0.3 is 0 Å². The molecule has 0 unspecified atom stereocenters. The van der Waals surface area contributed by atoms with Crippen molar-refractivity contribution in [2.75, 3.05) is 0 Å². The zero-order valence-electron chi connectivity index (χ0n) is 10.1. The Labute approximate surface area is 102 Å². The lowest BCUT2D eigenvalue weighted by Gasteiger charge is -2.43. The Morgan fingerprint density at radius 2 is 1.59 bits per heavy atom. The van der Waals surface area contributed by atoms with Gasteiger partial charge in [0.2, 0.25) is 0 Å². The second kappa shape index (κ2) is 3.22. The Morgan fingerprint density at radius 1 is 1.00 bits per heavy atom. The molecule has 17 heavy (non-hydrogen) atoms. The number of Topliss-reactive ketones (excluding diaryl/α,β-unsaturated/α-hetero) is 1. The highest BCUT2D eigenvalue weighted by Gasteiger charge is 2.54. The van der Waals surface area contributed by atoms with E-state index in [2.05, 4.69) is 12.1 Å². The Balaban J connectivity index is 1.72. The second-order valence-electron chi connectivity index (χ2n) is 6.25. The van der Waals surface area contributed by atoms with Crippen molar-refractivity contribution in [1.82, 2.24) is 0 Å². The highest BCUT2D eigenvalue weighted by Crippen LogP contribution is 2.55.